The van der Waals surface area contributed by atoms with E-state index >= 15 is 0 Å². The predicted molar refractivity (Wildman–Crippen MR) is 68.5 cm³/mol. The van der Waals surface area contributed by atoms with Crippen LogP contribution >= 0.6 is 0 Å². The average Bonchev–Trinajstić information content (AvgIpc) is 2.35. The minimum absolute atomic E-state index is 0.00523. The Kier molecular flexibility index (Phi) is 3.43. The number of amides is 1. The van der Waals surface area contributed by atoms with Crippen molar-refractivity contribution in [2.24, 2.45) is 5.73 Å². The smallest absolute Gasteiger partial charge is 0.349 e. The molecular weight excluding hydrogens is 232 g/mol. The fourth-order valence-electron chi connectivity index (χ4n) is 1.57. The van der Waals surface area contributed by atoms with Gasteiger partial charge in [-0.2, -0.15) is 0 Å². The van der Waals surface area contributed by atoms with E-state index in [2.05, 4.69) is 5.32 Å². The standard InChI is InChI=1S/C13H14N2O3/c1-8(14)7-15-12(16)10-6-9-4-2-3-5-11(9)18-13(10)17/h2-6,8H,7,14H2,1H3,(H,15,16). The van der Waals surface area contributed by atoms with Crippen molar-refractivity contribution in [2.75, 3.05) is 6.54 Å². The number of para-hydroxylation sites is 1. The zero-order valence-electron chi connectivity index (χ0n) is 9.97. The monoisotopic (exact) mass is 246 g/mol. The SMILES string of the molecule is CC(N)CNC(=O)c1cc2ccccc2oc1=O. The lowest BCUT2D eigenvalue weighted by atomic mass is 10.2. The van der Waals surface area contributed by atoms with Crippen LogP contribution in [0.15, 0.2) is 39.5 Å². The second-order valence-corrected chi connectivity index (χ2v) is 4.17. The molecule has 1 amide bonds. The topological polar surface area (TPSA) is 85.3 Å². The highest BCUT2D eigenvalue weighted by Crippen LogP contribution is 2.12. The van der Waals surface area contributed by atoms with E-state index < -0.39 is 11.5 Å². The van der Waals surface area contributed by atoms with Crippen LogP contribution in [-0.4, -0.2) is 18.5 Å². The molecule has 0 saturated carbocycles. The zero-order chi connectivity index (χ0) is 13.1. The van der Waals surface area contributed by atoms with Crippen LogP contribution in [0.4, 0.5) is 0 Å². The van der Waals surface area contributed by atoms with Gasteiger partial charge in [0.15, 0.2) is 0 Å². The second-order valence-electron chi connectivity index (χ2n) is 4.17. The van der Waals surface area contributed by atoms with E-state index in [1.165, 1.54) is 6.07 Å². The van der Waals surface area contributed by atoms with Gasteiger partial charge in [-0.15, -0.1) is 0 Å². The molecule has 2 rings (SSSR count). The fraction of sp³-hybridized carbons (Fsp3) is 0.231. The van der Waals surface area contributed by atoms with Gasteiger partial charge in [0, 0.05) is 18.0 Å². The Balaban J connectivity index is 2.36. The van der Waals surface area contributed by atoms with E-state index in [9.17, 15) is 9.59 Å². The largest absolute Gasteiger partial charge is 0.422 e. The molecule has 18 heavy (non-hydrogen) atoms. The first-order valence-electron chi connectivity index (χ1n) is 5.64. The molecule has 1 aromatic carbocycles. The lowest BCUT2D eigenvalue weighted by Gasteiger charge is -2.07. The van der Waals surface area contributed by atoms with E-state index in [4.69, 9.17) is 10.2 Å². The molecule has 5 heteroatoms. The quantitative estimate of drug-likeness (QED) is 0.787. The van der Waals surface area contributed by atoms with E-state index in [0.717, 1.165) is 0 Å². The van der Waals surface area contributed by atoms with Crippen molar-refractivity contribution >= 4 is 16.9 Å². The van der Waals surface area contributed by atoms with Gasteiger partial charge in [0.25, 0.3) is 5.91 Å². The molecule has 0 aliphatic heterocycles. The second kappa shape index (κ2) is 5.01. The Bertz CT molecular complexity index is 631. The summed E-state index contributed by atoms with van der Waals surface area (Å²) >= 11 is 0. The lowest BCUT2D eigenvalue weighted by molar-refractivity contribution is 0.0948. The number of nitrogens with two attached hydrogens (primary N) is 1. The highest BCUT2D eigenvalue weighted by molar-refractivity contribution is 5.96. The predicted octanol–water partition coefficient (Wildman–Crippen LogP) is 0.870. The number of fused-ring (bicyclic) bond motifs is 1. The van der Waals surface area contributed by atoms with Gasteiger partial charge in [-0.05, 0) is 19.1 Å². The first kappa shape index (κ1) is 12.3. The first-order chi connectivity index (χ1) is 8.58. The van der Waals surface area contributed by atoms with Crippen LogP contribution in [0.3, 0.4) is 0 Å². The van der Waals surface area contributed by atoms with Gasteiger partial charge in [0.1, 0.15) is 11.1 Å². The molecule has 5 nitrogen and oxygen atoms in total. The highest BCUT2D eigenvalue weighted by Gasteiger charge is 2.13. The molecule has 3 N–H and O–H groups in total. The third kappa shape index (κ3) is 2.57. The minimum Gasteiger partial charge on any atom is -0.422 e. The van der Waals surface area contributed by atoms with Crippen LogP contribution in [0.1, 0.15) is 17.3 Å². The maximum atomic E-state index is 11.8. The molecule has 0 bridgehead atoms. The lowest BCUT2D eigenvalue weighted by Crippen LogP contribution is -2.36. The van der Waals surface area contributed by atoms with Crippen LogP contribution in [0.25, 0.3) is 11.0 Å². The van der Waals surface area contributed by atoms with Crippen molar-refractivity contribution in [1.82, 2.24) is 5.32 Å². The molecule has 0 radical (unpaired) electrons. The fourth-order valence-corrected chi connectivity index (χ4v) is 1.57. The van der Waals surface area contributed by atoms with Crippen molar-refractivity contribution in [3.8, 4) is 0 Å². The summed E-state index contributed by atoms with van der Waals surface area (Å²) in [5, 5.41) is 3.29. The van der Waals surface area contributed by atoms with Gasteiger partial charge < -0.3 is 15.5 Å². The van der Waals surface area contributed by atoms with Gasteiger partial charge in [-0.25, -0.2) is 4.79 Å². The summed E-state index contributed by atoms with van der Waals surface area (Å²) in [4.78, 5) is 23.4. The van der Waals surface area contributed by atoms with E-state index in [-0.39, 0.29) is 11.6 Å². The van der Waals surface area contributed by atoms with Gasteiger partial charge >= 0.3 is 5.63 Å². The van der Waals surface area contributed by atoms with Gasteiger partial charge in [-0.1, -0.05) is 18.2 Å². The molecular formula is C13H14N2O3. The summed E-state index contributed by atoms with van der Waals surface area (Å²) in [5.41, 5.74) is 5.35. The molecule has 1 unspecified atom stereocenters. The Morgan fingerprint density at radius 1 is 1.44 bits per heavy atom. The molecule has 0 fully saturated rings. The Morgan fingerprint density at radius 2 is 2.17 bits per heavy atom. The number of carbonyl (C=O) groups excluding carboxylic acids is 1. The van der Waals surface area contributed by atoms with Gasteiger partial charge in [-0.3, -0.25) is 4.79 Å². The highest BCUT2D eigenvalue weighted by atomic mass is 16.4. The molecule has 2 aromatic rings. The van der Waals surface area contributed by atoms with Crippen molar-refractivity contribution < 1.29 is 9.21 Å². The molecule has 1 heterocycles. The number of benzene rings is 1. The van der Waals surface area contributed by atoms with Crippen LogP contribution in [0.2, 0.25) is 0 Å². The Labute approximate surface area is 104 Å². The molecule has 0 spiro atoms. The Hall–Kier alpha value is -2.14. The third-order valence-electron chi connectivity index (χ3n) is 2.47. The first-order valence-corrected chi connectivity index (χ1v) is 5.64. The minimum atomic E-state index is -0.643. The van der Waals surface area contributed by atoms with Crippen LogP contribution in [0.5, 0.6) is 0 Å². The van der Waals surface area contributed by atoms with E-state index in [0.29, 0.717) is 17.5 Å². The maximum absolute atomic E-state index is 11.8. The molecule has 1 aromatic heterocycles. The number of nitrogens with one attached hydrogen (secondary N) is 1. The van der Waals surface area contributed by atoms with Crippen LogP contribution < -0.4 is 16.7 Å². The van der Waals surface area contributed by atoms with E-state index in [1.54, 1.807) is 25.1 Å². The maximum Gasteiger partial charge on any atom is 0.349 e. The van der Waals surface area contributed by atoms with Gasteiger partial charge in [0.05, 0.1) is 0 Å². The molecule has 94 valence electrons. The number of hydrogen-bond donors (Lipinski definition) is 2. The summed E-state index contributed by atoms with van der Waals surface area (Å²) in [6, 6.07) is 8.40. The summed E-state index contributed by atoms with van der Waals surface area (Å²) in [7, 11) is 0. The zero-order valence-corrected chi connectivity index (χ0v) is 9.97. The Morgan fingerprint density at radius 3 is 2.89 bits per heavy atom. The number of hydrogen-bond acceptors (Lipinski definition) is 4. The van der Waals surface area contributed by atoms with E-state index in [1.807, 2.05) is 6.07 Å². The van der Waals surface area contributed by atoms with Crippen molar-refractivity contribution in [3.63, 3.8) is 0 Å². The number of rotatable bonds is 3. The normalized spacial score (nSPS) is 12.3. The number of carbonyl (C=O) groups is 1. The average molecular weight is 246 g/mol. The summed E-state index contributed by atoms with van der Waals surface area (Å²) in [6.45, 7) is 2.08. The molecule has 0 aliphatic rings. The molecule has 0 saturated heterocycles. The van der Waals surface area contributed by atoms with Crippen molar-refractivity contribution in [2.45, 2.75) is 13.0 Å². The van der Waals surface area contributed by atoms with Crippen LogP contribution in [-0.2, 0) is 0 Å². The summed E-state index contributed by atoms with van der Waals surface area (Å²) in [6.07, 6.45) is 0. The van der Waals surface area contributed by atoms with Crippen LogP contribution in [0, 0.1) is 0 Å². The molecule has 0 aliphatic carbocycles. The van der Waals surface area contributed by atoms with Crippen molar-refractivity contribution in [1.29, 1.82) is 0 Å². The summed E-state index contributed by atoms with van der Waals surface area (Å²) < 4.78 is 5.07. The summed E-state index contributed by atoms with van der Waals surface area (Å²) in [5.74, 6) is -0.466. The third-order valence-corrected chi connectivity index (χ3v) is 2.47. The van der Waals surface area contributed by atoms with Crippen molar-refractivity contribution in [3.05, 3.63) is 46.3 Å². The molecule has 1 atom stereocenters. The van der Waals surface area contributed by atoms with Gasteiger partial charge in [0.2, 0.25) is 0 Å².